The second kappa shape index (κ2) is 6.15. The predicted molar refractivity (Wildman–Crippen MR) is 76.3 cm³/mol. The molecule has 0 saturated carbocycles. The molecule has 2 rings (SSSR count). The average molecular weight is 357 g/mol. The van der Waals surface area contributed by atoms with Gasteiger partial charge in [0, 0.05) is 33.4 Å². The maximum absolute atomic E-state index is 12.5. The third kappa shape index (κ3) is 3.05. The lowest BCUT2D eigenvalue weighted by atomic mass is 10.3. The summed E-state index contributed by atoms with van der Waals surface area (Å²) in [6.45, 7) is 0.251. The Hall–Kier alpha value is -0.780. The van der Waals surface area contributed by atoms with Crippen LogP contribution >= 0.6 is 22.9 Å². The summed E-state index contributed by atoms with van der Waals surface area (Å²) >= 11 is 6.38. The van der Waals surface area contributed by atoms with Crippen LogP contribution in [0.5, 0.6) is 0 Å². The minimum atomic E-state index is -3.86. The molecule has 2 atom stereocenters. The quantitative estimate of drug-likeness (QED) is 0.583. The molecule has 1 aliphatic heterocycles. The second-order valence-electron chi connectivity index (χ2n) is 4.35. The summed E-state index contributed by atoms with van der Waals surface area (Å²) in [5.41, 5.74) is -0.411. The van der Waals surface area contributed by atoms with E-state index in [-0.39, 0.29) is 33.8 Å². The number of methoxy groups -OCH3 is 2. The summed E-state index contributed by atoms with van der Waals surface area (Å²) in [5.74, 6) is 0. The lowest BCUT2D eigenvalue weighted by Crippen LogP contribution is -2.29. The van der Waals surface area contributed by atoms with Crippen molar-refractivity contribution < 1.29 is 22.8 Å². The van der Waals surface area contributed by atoms with E-state index < -0.39 is 20.6 Å². The molecule has 0 aromatic carbocycles. The van der Waals surface area contributed by atoms with E-state index in [1.807, 2.05) is 0 Å². The molecule has 2 unspecified atom stereocenters. The van der Waals surface area contributed by atoms with Crippen LogP contribution in [0.3, 0.4) is 0 Å². The van der Waals surface area contributed by atoms with Gasteiger partial charge >= 0.3 is 0 Å². The third-order valence-electron chi connectivity index (χ3n) is 3.22. The molecule has 21 heavy (non-hydrogen) atoms. The van der Waals surface area contributed by atoms with Crippen LogP contribution in [0.1, 0.15) is 0 Å². The number of hydrogen-bond donors (Lipinski definition) is 0. The molecular weight excluding hydrogens is 344 g/mol. The minimum absolute atomic E-state index is 0.126. The number of hydrogen-bond acceptors (Lipinski definition) is 7. The molecule has 0 aliphatic carbocycles. The summed E-state index contributed by atoms with van der Waals surface area (Å²) in [6.07, 6.45) is -0.759. The van der Waals surface area contributed by atoms with Gasteiger partial charge in [0.05, 0.1) is 17.1 Å². The molecular formula is C10H13ClN2O6S2. The lowest BCUT2D eigenvalue weighted by molar-refractivity contribution is -0.384. The van der Waals surface area contributed by atoms with E-state index in [0.717, 1.165) is 6.07 Å². The van der Waals surface area contributed by atoms with Crippen molar-refractivity contribution in [2.45, 2.75) is 16.4 Å². The number of nitro groups is 1. The summed E-state index contributed by atoms with van der Waals surface area (Å²) < 4.78 is 36.2. The van der Waals surface area contributed by atoms with Gasteiger partial charge < -0.3 is 9.47 Å². The van der Waals surface area contributed by atoms with Gasteiger partial charge in [-0.2, -0.15) is 4.31 Å². The zero-order valence-electron chi connectivity index (χ0n) is 11.2. The molecule has 1 aromatic heterocycles. The van der Waals surface area contributed by atoms with Gasteiger partial charge in [0.25, 0.3) is 15.7 Å². The van der Waals surface area contributed by atoms with Gasteiger partial charge in [0.2, 0.25) is 0 Å². The van der Waals surface area contributed by atoms with Crippen molar-refractivity contribution in [3.8, 4) is 0 Å². The van der Waals surface area contributed by atoms with Gasteiger partial charge in [-0.05, 0) is 0 Å². The summed E-state index contributed by atoms with van der Waals surface area (Å²) in [4.78, 5) is 10.0. The monoisotopic (exact) mass is 356 g/mol. The van der Waals surface area contributed by atoms with Crippen LogP contribution in [0.4, 0.5) is 5.69 Å². The third-order valence-corrected chi connectivity index (χ3v) is 6.84. The van der Waals surface area contributed by atoms with Crippen molar-refractivity contribution in [1.29, 1.82) is 0 Å². The minimum Gasteiger partial charge on any atom is -0.377 e. The largest absolute Gasteiger partial charge is 0.377 e. The summed E-state index contributed by atoms with van der Waals surface area (Å²) in [5, 5.41) is 10.8. The van der Waals surface area contributed by atoms with Crippen LogP contribution in [0, 0.1) is 10.1 Å². The fraction of sp³-hybridized carbons (Fsp3) is 0.600. The molecule has 8 nitrogen and oxygen atoms in total. The van der Waals surface area contributed by atoms with Crippen LogP contribution < -0.4 is 0 Å². The average Bonchev–Trinajstić information content (AvgIpc) is 3.02. The molecule has 0 bridgehead atoms. The Labute approximate surface area is 130 Å². The Bertz CT molecular complexity index is 634. The van der Waals surface area contributed by atoms with E-state index >= 15 is 0 Å². The molecule has 1 aliphatic rings. The number of thiophene rings is 1. The molecule has 1 saturated heterocycles. The molecule has 11 heteroatoms. The van der Waals surface area contributed by atoms with Crippen molar-refractivity contribution in [2.75, 3.05) is 27.3 Å². The lowest BCUT2D eigenvalue weighted by Gasteiger charge is -2.13. The molecule has 1 aromatic rings. The van der Waals surface area contributed by atoms with Gasteiger partial charge in [-0.1, -0.05) is 11.6 Å². The summed E-state index contributed by atoms with van der Waals surface area (Å²) in [7, 11) is -0.913. The highest BCUT2D eigenvalue weighted by Crippen LogP contribution is 2.38. The Balaban J connectivity index is 2.31. The molecule has 1 fully saturated rings. The fourth-order valence-electron chi connectivity index (χ4n) is 2.08. The number of rotatable bonds is 5. The van der Waals surface area contributed by atoms with Crippen molar-refractivity contribution in [2.24, 2.45) is 0 Å². The first-order valence-electron chi connectivity index (χ1n) is 5.80. The van der Waals surface area contributed by atoms with Crippen LogP contribution in [-0.4, -0.2) is 57.2 Å². The van der Waals surface area contributed by atoms with E-state index in [9.17, 15) is 18.5 Å². The zero-order chi connectivity index (χ0) is 15.8. The first-order valence-corrected chi connectivity index (χ1v) is 8.44. The molecule has 0 spiro atoms. The summed E-state index contributed by atoms with van der Waals surface area (Å²) in [6, 6.07) is 0.976. The van der Waals surface area contributed by atoms with E-state index in [4.69, 9.17) is 21.1 Å². The Morgan fingerprint density at radius 1 is 1.38 bits per heavy atom. The maximum Gasteiger partial charge on any atom is 0.300 e. The van der Waals surface area contributed by atoms with Crippen LogP contribution in [0.15, 0.2) is 10.3 Å². The van der Waals surface area contributed by atoms with E-state index in [2.05, 4.69) is 0 Å². The van der Waals surface area contributed by atoms with Gasteiger partial charge in [0.15, 0.2) is 4.34 Å². The Morgan fingerprint density at radius 3 is 2.29 bits per heavy atom. The molecule has 0 radical (unpaired) electrons. The first kappa shape index (κ1) is 16.6. The zero-order valence-corrected chi connectivity index (χ0v) is 13.6. The molecule has 118 valence electrons. The van der Waals surface area contributed by atoms with Crippen LogP contribution in [0.2, 0.25) is 4.34 Å². The SMILES string of the molecule is COC1CN(S(=O)(=O)c2cc([N+](=O)[O-])c(Cl)s2)CC1OC. The van der Waals surface area contributed by atoms with Crippen LogP contribution in [-0.2, 0) is 19.5 Å². The van der Waals surface area contributed by atoms with Gasteiger partial charge in [0.1, 0.15) is 4.21 Å². The van der Waals surface area contributed by atoms with Gasteiger partial charge in [-0.3, -0.25) is 10.1 Å². The van der Waals surface area contributed by atoms with E-state index in [1.165, 1.54) is 18.5 Å². The smallest absolute Gasteiger partial charge is 0.300 e. The standard InChI is InChI=1S/C10H13ClN2O6S2/c1-18-7-4-12(5-8(7)19-2)21(16,17)9-3-6(13(14)15)10(11)20-9/h3,7-8H,4-5H2,1-2H3. The first-order chi connectivity index (χ1) is 9.81. The number of nitrogens with zero attached hydrogens (tertiary/aromatic N) is 2. The van der Waals surface area contributed by atoms with Crippen molar-refractivity contribution in [3.63, 3.8) is 0 Å². The van der Waals surface area contributed by atoms with Gasteiger partial charge in [-0.25, -0.2) is 8.42 Å². The highest BCUT2D eigenvalue weighted by atomic mass is 35.5. The van der Waals surface area contributed by atoms with Crippen molar-refractivity contribution in [1.82, 2.24) is 4.31 Å². The number of ether oxygens (including phenoxy) is 2. The van der Waals surface area contributed by atoms with Crippen molar-refractivity contribution in [3.05, 3.63) is 20.5 Å². The topological polar surface area (TPSA) is 99.0 Å². The van der Waals surface area contributed by atoms with Crippen LogP contribution in [0.25, 0.3) is 0 Å². The normalized spacial score (nSPS) is 23.6. The Morgan fingerprint density at radius 2 is 1.90 bits per heavy atom. The highest BCUT2D eigenvalue weighted by Gasteiger charge is 2.41. The van der Waals surface area contributed by atoms with E-state index in [0.29, 0.717) is 11.3 Å². The number of halogens is 1. The Kier molecular flexibility index (Phi) is 4.85. The maximum atomic E-state index is 12.5. The predicted octanol–water partition coefficient (Wildman–Crippen LogP) is 1.34. The number of sulfonamides is 1. The second-order valence-corrected chi connectivity index (χ2v) is 8.17. The fourth-order valence-corrected chi connectivity index (χ4v) is 5.36. The highest BCUT2D eigenvalue weighted by molar-refractivity contribution is 7.91. The molecule has 2 heterocycles. The molecule has 0 amide bonds. The van der Waals surface area contributed by atoms with E-state index in [1.54, 1.807) is 0 Å². The van der Waals surface area contributed by atoms with Crippen molar-refractivity contribution >= 4 is 38.6 Å². The van der Waals surface area contributed by atoms with Gasteiger partial charge in [-0.15, -0.1) is 11.3 Å². The molecule has 0 N–H and O–H groups in total.